The molecule has 2 rings (SSSR count). The zero-order chi connectivity index (χ0) is 17.2. The lowest BCUT2D eigenvalue weighted by molar-refractivity contribution is -0.155. The maximum atomic E-state index is 12.4. The van der Waals surface area contributed by atoms with E-state index >= 15 is 0 Å². The standard InChI is InChI=1S/C16H20ClNO5/c1-16(2,3)23-13(19)9-18(4)15(20)10-7-11(17)14-12(8-10)21-5-6-22-14/h7-8H,5-6,9H2,1-4H3. The Labute approximate surface area is 140 Å². The van der Waals surface area contributed by atoms with Crippen LogP contribution in [0.5, 0.6) is 11.5 Å². The number of hydrogen-bond donors (Lipinski definition) is 0. The van der Waals surface area contributed by atoms with Crippen LogP contribution in [-0.2, 0) is 9.53 Å². The van der Waals surface area contributed by atoms with Crippen molar-refractivity contribution in [2.75, 3.05) is 26.8 Å². The van der Waals surface area contributed by atoms with Crippen molar-refractivity contribution in [1.82, 2.24) is 4.90 Å². The molecule has 0 saturated heterocycles. The van der Waals surface area contributed by atoms with E-state index in [0.29, 0.717) is 35.3 Å². The highest BCUT2D eigenvalue weighted by atomic mass is 35.5. The lowest BCUT2D eigenvalue weighted by Crippen LogP contribution is -2.36. The van der Waals surface area contributed by atoms with Gasteiger partial charge < -0.3 is 19.1 Å². The first-order valence-electron chi connectivity index (χ1n) is 7.24. The minimum Gasteiger partial charge on any atom is -0.486 e. The Bertz CT molecular complexity index is 624. The summed E-state index contributed by atoms with van der Waals surface area (Å²) in [7, 11) is 1.52. The number of rotatable bonds is 3. The second-order valence-electron chi connectivity index (χ2n) is 6.23. The van der Waals surface area contributed by atoms with Crippen molar-refractivity contribution in [3.05, 3.63) is 22.7 Å². The Balaban J connectivity index is 2.11. The van der Waals surface area contributed by atoms with Crippen LogP contribution in [0.25, 0.3) is 0 Å². The number of hydrogen-bond acceptors (Lipinski definition) is 5. The van der Waals surface area contributed by atoms with Crippen LogP contribution in [0.3, 0.4) is 0 Å². The largest absolute Gasteiger partial charge is 0.486 e. The summed E-state index contributed by atoms with van der Waals surface area (Å²) in [6.07, 6.45) is 0. The molecule has 0 fully saturated rings. The molecule has 0 saturated carbocycles. The maximum absolute atomic E-state index is 12.4. The van der Waals surface area contributed by atoms with Crippen LogP contribution >= 0.6 is 11.6 Å². The van der Waals surface area contributed by atoms with Crippen molar-refractivity contribution in [3.8, 4) is 11.5 Å². The van der Waals surface area contributed by atoms with E-state index < -0.39 is 11.6 Å². The third kappa shape index (κ3) is 4.51. The van der Waals surface area contributed by atoms with E-state index in [0.717, 1.165) is 0 Å². The van der Waals surface area contributed by atoms with Gasteiger partial charge in [0.05, 0.1) is 5.02 Å². The van der Waals surface area contributed by atoms with Crippen LogP contribution < -0.4 is 9.47 Å². The molecule has 0 unspecified atom stereocenters. The quantitative estimate of drug-likeness (QED) is 0.790. The molecule has 0 aromatic heterocycles. The molecule has 1 heterocycles. The van der Waals surface area contributed by atoms with Gasteiger partial charge in [0.25, 0.3) is 5.91 Å². The summed E-state index contributed by atoms with van der Waals surface area (Å²) in [4.78, 5) is 25.5. The average molecular weight is 342 g/mol. The van der Waals surface area contributed by atoms with Crippen molar-refractivity contribution >= 4 is 23.5 Å². The minimum atomic E-state index is -0.596. The van der Waals surface area contributed by atoms with E-state index in [9.17, 15) is 9.59 Å². The summed E-state index contributed by atoms with van der Waals surface area (Å²) in [6, 6.07) is 3.07. The fourth-order valence-electron chi connectivity index (χ4n) is 2.09. The average Bonchev–Trinajstić information content (AvgIpc) is 2.44. The lowest BCUT2D eigenvalue weighted by Gasteiger charge is -2.23. The molecule has 23 heavy (non-hydrogen) atoms. The number of nitrogens with zero attached hydrogens (tertiary/aromatic N) is 1. The number of fused-ring (bicyclic) bond motifs is 1. The molecule has 6 nitrogen and oxygen atoms in total. The molecular weight excluding hydrogens is 322 g/mol. The van der Waals surface area contributed by atoms with Gasteiger partial charge in [-0.1, -0.05) is 11.6 Å². The van der Waals surface area contributed by atoms with Crippen LogP contribution in [0.15, 0.2) is 12.1 Å². The second-order valence-corrected chi connectivity index (χ2v) is 6.64. The van der Waals surface area contributed by atoms with Crippen LogP contribution in [-0.4, -0.2) is 49.2 Å². The Morgan fingerprint density at radius 2 is 1.91 bits per heavy atom. The minimum absolute atomic E-state index is 0.151. The number of carbonyl (C=O) groups excluding carboxylic acids is 2. The SMILES string of the molecule is CN(CC(=O)OC(C)(C)C)C(=O)c1cc(Cl)c2c(c1)OCCO2. The van der Waals surface area contributed by atoms with Crippen LogP contribution in [0.4, 0.5) is 0 Å². The van der Waals surface area contributed by atoms with Gasteiger partial charge in [-0.25, -0.2) is 0 Å². The first-order chi connectivity index (χ1) is 10.7. The molecule has 7 heteroatoms. The third-order valence-corrected chi connectivity index (χ3v) is 3.26. The molecule has 0 atom stereocenters. The van der Waals surface area contributed by atoms with Gasteiger partial charge in [-0.15, -0.1) is 0 Å². The molecule has 1 aliphatic heterocycles. The van der Waals surface area contributed by atoms with Gasteiger partial charge >= 0.3 is 5.97 Å². The molecular formula is C16H20ClNO5. The Morgan fingerprint density at radius 1 is 1.26 bits per heavy atom. The van der Waals surface area contributed by atoms with E-state index in [1.165, 1.54) is 18.0 Å². The number of halogens is 1. The number of benzene rings is 1. The van der Waals surface area contributed by atoms with Gasteiger partial charge in [0.2, 0.25) is 0 Å². The predicted molar refractivity (Wildman–Crippen MR) is 85.2 cm³/mol. The molecule has 0 bridgehead atoms. The van der Waals surface area contributed by atoms with E-state index in [4.69, 9.17) is 25.8 Å². The number of ether oxygens (including phenoxy) is 3. The number of likely N-dealkylation sites (N-methyl/N-ethyl adjacent to an activating group) is 1. The van der Waals surface area contributed by atoms with Crippen molar-refractivity contribution in [2.24, 2.45) is 0 Å². The summed E-state index contributed by atoms with van der Waals surface area (Å²) in [5.41, 5.74) is -0.272. The zero-order valence-electron chi connectivity index (χ0n) is 13.6. The van der Waals surface area contributed by atoms with E-state index in [-0.39, 0.29) is 12.5 Å². The molecule has 0 N–H and O–H groups in total. The first kappa shape index (κ1) is 17.4. The fourth-order valence-corrected chi connectivity index (χ4v) is 2.36. The fraction of sp³-hybridized carbons (Fsp3) is 0.500. The normalized spacial score (nSPS) is 13.4. The zero-order valence-corrected chi connectivity index (χ0v) is 14.4. The summed E-state index contributed by atoms with van der Waals surface area (Å²) in [5, 5.41) is 0.302. The van der Waals surface area contributed by atoms with Crippen LogP contribution in [0, 0.1) is 0 Å². The van der Waals surface area contributed by atoms with Crippen molar-refractivity contribution in [2.45, 2.75) is 26.4 Å². The monoisotopic (exact) mass is 341 g/mol. The van der Waals surface area contributed by atoms with Gasteiger partial charge in [-0.05, 0) is 32.9 Å². The van der Waals surface area contributed by atoms with E-state index in [2.05, 4.69) is 0 Å². The van der Waals surface area contributed by atoms with Gasteiger partial charge in [0.1, 0.15) is 25.4 Å². The summed E-state index contributed by atoms with van der Waals surface area (Å²) in [6.45, 7) is 5.98. The van der Waals surface area contributed by atoms with E-state index in [1.54, 1.807) is 26.8 Å². The predicted octanol–water partition coefficient (Wildman–Crippen LogP) is 2.52. The van der Waals surface area contributed by atoms with Gasteiger partial charge in [0.15, 0.2) is 11.5 Å². The number of carbonyl (C=O) groups is 2. The highest BCUT2D eigenvalue weighted by Crippen LogP contribution is 2.38. The molecule has 126 valence electrons. The molecule has 0 spiro atoms. The highest BCUT2D eigenvalue weighted by Gasteiger charge is 2.23. The third-order valence-electron chi connectivity index (χ3n) is 2.98. The van der Waals surface area contributed by atoms with Crippen molar-refractivity contribution in [3.63, 3.8) is 0 Å². The molecule has 1 aromatic rings. The molecule has 1 aliphatic rings. The summed E-state index contributed by atoms with van der Waals surface area (Å²) < 4.78 is 16.1. The highest BCUT2D eigenvalue weighted by molar-refractivity contribution is 6.32. The van der Waals surface area contributed by atoms with Crippen molar-refractivity contribution in [1.29, 1.82) is 0 Å². The first-order valence-corrected chi connectivity index (χ1v) is 7.61. The van der Waals surface area contributed by atoms with Gasteiger partial charge in [-0.2, -0.15) is 0 Å². The van der Waals surface area contributed by atoms with Crippen LogP contribution in [0.2, 0.25) is 5.02 Å². The molecule has 0 radical (unpaired) electrons. The van der Waals surface area contributed by atoms with Crippen molar-refractivity contribution < 1.29 is 23.8 Å². The summed E-state index contributed by atoms with van der Waals surface area (Å²) >= 11 is 6.12. The Kier molecular flexibility index (Phi) is 5.04. The second kappa shape index (κ2) is 6.66. The smallest absolute Gasteiger partial charge is 0.326 e. The topological polar surface area (TPSA) is 65.1 Å². The lowest BCUT2D eigenvalue weighted by atomic mass is 10.1. The van der Waals surface area contributed by atoms with Gasteiger partial charge in [-0.3, -0.25) is 9.59 Å². The van der Waals surface area contributed by atoms with Gasteiger partial charge in [0, 0.05) is 12.6 Å². The molecule has 0 aliphatic carbocycles. The molecule has 1 aromatic carbocycles. The molecule has 1 amide bonds. The number of esters is 1. The number of amides is 1. The Morgan fingerprint density at radius 3 is 2.57 bits per heavy atom. The van der Waals surface area contributed by atoms with Crippen LogP contribution in [0.1, 0.15) is 31.1 Å². The Hall–Kier alpha value is -1.95. The summed E-state index contributed by atoms with van der Waals surface area (Å²) in [5.74, 6) is 0.0359. The van der Waals surface area contributed by atoms with E-state index in [1.807, 2.05) is 0 Å². The maximum Gasteiger partial charge on any atom is 0.326 e.